The van der Waals surface area contributed by atoms with Crippen LogP contribution in [0.4, 0.5) is 0 Å². The molecule has 0 spiro atoms. The first-order chi connectivity index (χ1) is 12.0. The first-order valence-corrected chi connectivity index (χ1v) is 10.7. The van der Waals surface area contributed by atoms with Crippen LogP contribution in [0.5, 0.6) is 0 Å². The molecule has 26 heavy (non-hydrogen) atoms. The number of nitrogens with one attached hydrogen (secondary N) is 1. The van der Waals surface area contributed by atoms with E-state index in [0.29, 0.717) is 11.3 Å². The lowest BCUT2D eigenvalue weighted by molar-refractivity contribution is 0.253. The molecule has 0 heterocycles. The summed E-state index contributed by atoms with van der Waals surface area (Å²) in [6, 6.07) is 0. The highest BCUT2D eigenvalue weighted by atomic mass is 14.4. The van der Waals surface area contributed by atoms with E-state index in [-0.39, 0.29) is 5.41 Å². The molecule has 2 atom stereocenters. The van der Waals surface area contributed by atoms with Crippen LogP contribution < -0.4 is 0 Å². The zero-order valence-electron chi connectivity index (χ0n) is 18.9. The van der Waals surface area contributed by atoms with E-state index in [4.69, 9.17) is 5.41 Å². The van der Waals surface area contributed by atoms with Crippen molar-refractivity contribution in [1.82, 2.24) is 0 Å². The molecule has 0 aliphatic rings. The Labute approximate surface area is 164 Å². The largest absolute Gasteiger partial charge is 0.310 e. The summed E-state index contributed by atoms with van der Waals surface area (Å²) in [6.45, 7) is 19.7. The fourth-order valence-corrected chi connectivity index (χ4v) is 3.98. The van der Waals surface area contributed by atoms with E-state index < -0.39 is 0 Å². The molecule has 0 saturated carbocycles. The lowest BCUT2D eigenvalue weighted by Gasteiger charge is -2.29. The van der Waals surface area contributed by atoms with E-state index in [9.17, 15) is 0 Å². The zero-order chi connectivity index (χ0) is 20.2. The van der Waals surface area contributed by atoms with Crippen LogP contribution in [-0.4, -0.2) is 5.71 Å². The van der Waals surface area contributed by atoms with Gasteiger partial charge in [-0.2, -0.15) is 0 Å². The second kappa shape index (κ2) is 12.4. The van der Waals surface area contributed by atoms with Crippen LogP contribution in [0.2, 0.25) is 0 Å². The quantitative estimate of drug-likeness (QED) is 0.148. The molecule has 0 fully saturated rings. The first-order valence-electron chi connectivity index (χ1n) is 10.7. The van der Waals surface area contributed by atoms with Gasteiger partial charge >= 0.3 is 0 Å². The van der Waals surface area contributed by atoms with Gasteiger partial charge < -0.3 is 5.41 Å². The molecule has 0 amide bonds. The van der Waals surface area contributed by atoms with Gasteiger partial charge in [0.05, 0.1) is 0 Å². The Morgan fingerprint density at radius 3 is 2.12 bits per heavy atom. The third kappa shape index (κ3) is 11.6. The molecule has 1 heteroatoms. The van der Waals surface area contributed by atoms with Crippen LogP contribution in [0.1, 0.15) is 113 Å². The van der Waals surface area contributed by atoms with Gasteiger partial charge in [-0.1, -0.05) is 78.4 Å². The second-order valence-electron chi connectivity index (χ2n) is 9.57. The van der Waals surface area contributed by atoms with Crippen LogP contribution in [-0.2, 0) is 0 Å². The highest BCUT2D eigenvalue weighted by Crippen LogP contribution is 2.35. The standard InChI is InChI=1S/C25H45N/c1-9-14-23(21(3)4)15-13-19-25(8,16-10-2)18-12-11-17-24(6,7)20-22(5)26/h23,26H,3,9-12,14,16-20H2,1-2,4-8H3. The van der Waals surface area contributed by atoms with Crippen molar-refractivity contribution in [3.63, 3.8) is 0 Å². The van der Waals surface area contributed by atoms with Crippen molar-refractivity contribution in [2.24, 2.45) is 16.7 Å². The number of allylic oxidation sites excluding steroid dienone is 1. The number of hydrogen-bond acceptors (Lipinski definition) is 1. The molecule has 150 valence electrons. The molecule has 1 nitrogen and oxygen atoms in total. The van der Waals surface area contributed by atoms with E-state index in [0.717, 1.165) is 25.0 Å². The van der Waals surface area contributed by atoms with Crippen molar-refractivity contribution < 1.29 is 0 Å². The van der Waals surface area contributed by atoms with Gasteiger partial charge in [0.1, 0.15) is 0 Å². The van der Waals surface area contributed by atoms with E-state index >= 15 is 0 Å². The summed E-state index contributed by atoms with van der Waals surface area (Å²) < 4.78 is 0. The maximum atomic E-state index is 7.73. The highest BCUT2D eigenvalue weighted by Gasteiger charge is 2.23. The fraction of sp³-hybridized carbons (Fsp3) is 0.800. The molecular formula is C25H45N. The summed E-state index contributed by atoms with van der Waals surface area (Å²) in [5, 5.41) is 7.73. The number of rotatable bonds is 13. The highest BCUT2D eigenvalue weighted by molar-refractivity contribution is 5.79. The molecule has 1 N–H and O–H groups in total. The van der Waals surface area contributed by atoms with Crippen LogP contribution in [0, 0.1) is 34.0 Å². The molecular weight excluding hydrogens is 314 g/mol. The summed E-state index contributed by atoms with van der Waals surface area (Å²) in [5.74, 6) is 7.39. The van der Waals surface area contributed by atoms with Gasteiger partial charge in [0, 0.05) is 18.1 Å². The molecule has 0 rings (SSSR count). The van der Waals surface area contributed by atoms with Crippen LogP contribution in [0.15, 0.2) is 12.2 Å². The molecule has 0 radical (unpaired) electrons. The van der Waals surface area contributed by atoms with Crippen LogP contribution in [0.3, 0.4) is 0 Å². The van der Waals surface area contributed by atoms with E-state index in [1.54, 1.807) is 0 Å². The van der Waals surface area contributed by atoms with Gasteiger partial charge in [-0.15, -0.1) is 5.92 Å². The molecule has 2 unspecified atom stereocenters. The van der Waals surface area contributed by atoms with Crippen molar-refractivity contribution in [2.75, 3.05) is 0 Å². The summed E-state index contributed by atoms with van der Waals surface area (Å²) in [7, 11) is 0. The Bertz CT molecular complexity index is 488. The lowest BCUT2D eigenvalue weighted by atomic mass is 9.76. The van der Waals surface area contributed by atoms with Crippen LogP contribution in [0.25, 0.3) is 0 Å². The Kier molecular flexibility index (Phi) is 11.9. The molecule has 0 aliphatic heterocycles. The maximum Gasteiger partial charge on any atom is 0.0406 e. The summed E-state index contributed by atoms with van der Waals surface area (Å²) >= 11 is 0. The fourth-order valence-electron chi connectivity index (χ4n) is 3.98. The summed E-state index contributed by atoms with van der Waals surface area (Å²) in [5.41, 5.74) is 2.62. The predicted molar refractivity (Wildman–Crippen MR) is 119 cm³/mol. The minimum absolute atomic E-state index is 0.266. The van der Waals surface area contributed by atoms with Crippen molar-refractivity contribution in [3.05, 3.63) is 12.2 Å². The lowest BCUT2D eigenvalue weighted by Crippen LogP contribution is -2.17. The topological polar surface area (TPSA) is 23.9 Å². The Hall–Kier alpha value is -1.03. The van der Waals surface area contributed by atoms with Crippen molar-refractivity contribution >= 4 is 5.71 Å². The molecule has 0 bridgehead atoms. The monoisotopic (exact) mass is 359 g/mol. The predicted octanol–water partition coefficient (Wildman–Crippen LogP) is 8.20. The Morgan fingerprint density at radius 1 is 1.00 bits per heavy atom. The van der Waals surface area contributed by atoms with Crippen molar-refractivity contribution in [3.8, 4) is 11.8 Å². The average Bonchev–Trinajstić information content (AvgIpc) is 2.50. The minimum Gasteiger partial charge on any atom is -0.310 e. The summed E-state index contributed by atoms with van der Waals surface area (Å²) in [6.07, 6.45) is 11.7. The van der Waals surface area contributed by atoms with Gasteiger partial charge in [0.15, 0.2) is 0 Å². The molecule has 0 saturated heterocycles. The van der Waals surface area contributed by atoms with Crippen molar-refractivity contribution in [2.45, 2.75) is 113 Å². The SMILES string of the molecule is C=C(C)C(C#CCC(C)(CCC)CCCCC(C)(C)CC(C)=N)CCC. The normalized spacial score (nSPS) is 14.9. The van der Waals surface area contributed by atoms with Gasteiger partial charge in [-0.25, -0.2) is 0 Å². The van der Waals surface area contributed by atoms with E-state index in [2.05, 4.69) is 60.0 Å². The Morgan fingerprint density at radius 2 is 1.62 bits per heavy atom. The van der Waals surface area contributed by atoms with Gasteiger partial charge in [0.25, 0.3) is 0 Å². The smallest absolute Gasteiger partial charge is 0.0406 e. The average molecular weight is 360 g/mol. The number of unbranched alkanes of at least 4 members (excludes halogenated alkanes) is 1. The molecule has 0 aromatic heterocycles. The minimum atomic E-state index is 0.266. The van der Waals surface area contributed by atoms with Gasteiger partial charge in [0.2, 0.25) is 0 Å². The van der Waals surface area contributed by atoms with E-state index in [1.807, 2.05) is 6.92 Å². The second-order valence-corrected chi connectivity index (χ2v) is 9.57. The molecule has 0 aliphatic carbocycles. The van der Waals surface area contributed by atoms with Crippen molar-refractivity contribution in [1.29, 1.82) is 5.41 Å². The molecule has 0 aromatic rings. The first kappa shape index (κ1) is 25.0. The Balaban J connectivity index is 4.61. The zero-order valence-corrected chi connectivity index (χ0v) is 18.9. The van der Waals surface area contributed by atoms with E-state index in [1.165, 1.54) is 50.5 Å². The third-order valence-electron chi connectivity index (χ3n) is 5.44. The van der Waals surface area contributed by atoms with Gasteiger partial charge in [-0.05, 0) is 56.8 Å². The van der Waals surface area contributed by atoms with Crippen LogP contribution >= 0.6 is 0 Å². The maximum absolute atomic E-state index is 7.73. The summed E-state index contributed by atoms with van der Waals surface area (Å²) in [4.78, 5) is 0. The third-order valence-corrected chi connectivity index (χ3v) is 5.44. The number of hydrogen-bond donors (Lipinski definition) is 1. The molecule has 0 aromatic carbocycles. The van der Waals surface area contributed by atoms with Gasteiger partial charge in [-0.3, -0.25) is 0 Å².